The van der Waals surface area contributed by atoms with Gasteiger partial charge < -0.3 is 10.2 Å². The van der Waals surface area contributed by atoms with Gasteiger partial charge >= 0.3 is 0 Å². The summed E-state index contributed by atoms with van der Waals surface area (Å²) < 4.78 is 0. The summed E-state index contributed by atoms with van der Waals surface area (Å²) in [5.41, 5.74) is 1.25. The van der Waals surface area contributed by atoms with Gasteiger partial charge in [-0.25, -0.2) is 4.98 Å². The number of amides is 2. The van der Waals surface area contributed by atoms with Crippen LogP contribution in [0.1, 0.15) is 41.9 Å². The number of H-pyrrole nitrogens is 1. The molecule has 2 fully saturated rings. The first-order chi connectivity index (χ1) is 14.7. The Morgan fingerprint density at radius 1 is 1.10 bits per heavy atom. The molecule has 2 amide bonds. The SMILES string of the molecule is O=C(NCCc1ccccc1)[C@H]1CCCN(C2CCN(C(=O)c3ncn[nH]3)CC2)C1. The molecule has 0 radical (unpaired) electrons. The fourth-order valence-electron chi connectivity index (χ4n) is 4.56. The van der Waals surface area contributed by atoms with Crippen molar-refractivity contribution in [1.82, 2.24) is 30.3 Å². The van der Waals surface area contributed by atoms with E-state index in [1.165, 1.54) is 11.9 Å². The highest BCUT2D eigenvalue weighted by Crippen LogP contribution is 2.24. The maximum atomic E-state index is 12.7. The molecule has 2 N–H and O–H groups in total. The third-order valence-electron chi connectivity index (χ3n) is 6.27. The number of carbonyl (C=O) groups is 2. The Bertz CT molecular complexity index is 817. The number of nitrogens with one attached hydrogen (secondary N) is 2. The van der Waals surface area contributed by atoms with Gasteiger partial charge in [0.2, 0.25) is 11.7 Å². The number of hydrogen-bond acceptors (Lipinski definition) is 5. The lowest BCUT2D eigenvalue weighted by atomic mass is 9.93. The number of piperidine rings is 2. The molecule has 30 heavy (non-hydrogen) atoms. The van der Waals surface area contributed by atoms with Gasteiger partial charge in [-0.05, 0) is 44.2 Å². The van der Waals surface area contributed by atoms with Crippen LogP contribution in [0.15, 0.2) is 36.7 Å². The molecule has 1 aromatic carbocycles. The van der Waals surface area contributed by atoms with E-state index in [2.05, 4.69) is 37.5 Å². The minimum atomic E-state index is -0.0831. The van der Waals surface area contributed by atoms with E-state index >= 15 is 0 Å². The van der Waals surface area contributed by atoms with E-state index < -0.39 is 0 Å². The van der Waals surface area contributed by atoms with E-state index in [1.807, 2.05) is 23.1 Å². The quantitative estimate of drug-likeness (QED) is 0.752. The molecule has 2 saturated heterocycles. The van der Waals surface area contributed by atoms with Crippen LogP contribution < -0.4 is 5.32 Å². The first-order valence-electron chi connectivity index (χ1n) is 10.9. The van der Waals surface area contributed by atoms with Crippen LogP contribution in [0.4, 0.5) is 0 Å². The summed E-state index contributed by atoms with van der Waals surface area (Å²) in [7, 11) is 0. The van der Waals surface area contributed by atoms with Crippen molar-refractivity contribution in [3.63, 3.8) is 0 Å². The molecule has 1 atom stereocenters. The Labute approximate surface area is 177 Å². The number of benzene rings is 1. The van der Waals surface area contributed by atoms with Crippen molar-refractivity contribution in [2.45, 2.75) is 38.1 Å². The topological polar surface area (TPSA) is 94.2 Å². The summed E-state index contributed by atoms with van der Waals surface area (Å²) in [5.74, 6) is 0.455. The Hall–Kier alpha value is -2.74. The minimum Gasteiger partial charge on any atom is -0.355 e. The maximum absolute atomic E-state index is 12.7. The summed E-state index contributed by atoms with van der Waals surface area (Å²) in [4.78, 5) is 33.4. The van der Waals surface area contributed by atoms with Crippen molar-refractivity contribution in [3.8, 4) is 0 Å². The molecular formula is C22H30N6O2. The third-order valence-corrected chi connectivity index (χ3v) is 6.27. The normalized spacial score (nSPS) is 20.8. The minimum absolute atomic E-state index is 0.0587. The van der Waals surface area contributed by atoms with E-state index in [9.17, 15) is 9.59 Å². The summed E-state index contributed by atoms with van der Waals surface area (Å²) in [6.45, 7) is 3.97. The molecule has 8 heteroatoms. The average molecular weight is 411 g/mol. The van der Waals surface area contributed by atoms with Crippen LogP contribution in [0, 0.1) is 5.92 Å². The van der Waals surface area contributed by atoms with Crippen molar-refractivity contribution < 1.29 is 9.59 Å². The first kappa shape index (κ1) is 20.5. The predicted molar refractivity (Wildman–Crippen MR) is 113 cm³/mol. The zero-order chi connectivity index (χ0) is 20.8. The Balaban J connectivity index is 1.22. The summed E-state index contributed by atoms with van der Waals surface area (Å²) in [6, 6.07) is 10.7. The molecule has 4 rings (SSSR count). The monoisotopic (exact) mass is 410 g/mol. The van der Waals surface area contributed by atoms with Gasteiger partial charge in [0.05, 0.1) is 5.92 Å². The standard InChI is InChI=1S/C22H30N6O2/c29-21(23-11-8-17-5-2-1-3-6-17)18-7-4-12-28(15-18)19-9-13-27(14-10-19)22(30)20-24-16-25-26-20/h1-3,5-6,16,18-19H,4,7-15H2,(H,23,29)(H,24,25,26)/t18-/m0/s1. The molecule has 0 saturated carbocycles. The largest absolute Gasteiger partial charge is 0.355 e. The number of carbonyl (C=O) groups excluding carboxylic acids is 2. The van der Waals surface area contributed by atoms with Gasteiger partial charge in [-0.15, -0.1) is 0 Å². The highest BCUT2D eigenvalue weighted by atomic mass is 16.2. The van der Waals surface area contributed by atoms with Crippen molar-refractivity contribution in [3.05, 3.63) is 48.0 Å². The van der Waals surface area contributed by atoms with Crippen LogP contribution in [-0.2, 0) is 11.2 Å². The predicted octanol–water partition coefficient (Wildman–Crippen LogP) is 1.48. The molecule has 2 aliphatic heterocycles. The smallest absolute Gasteiger partial charge is 0.291 e. The van der Waals surface area contributed by atoms with Gasteiger partial charge in [-0.2, -0.15) is 5.10 Å². The molecular weight excluding hydrogens is 380 g/mol. The summed E-state index contributed by atoms with van der Waals surface area (Å²) in [6.07, 6.45) is 6.09. The number of hydrogen-bond donors (Lipinski definition) is 2. The molecule has 0 bridgehead atoms. The van der Waals surface area contributed by atoms with E-state index in [-0.39, 0.29) is 17.7 Å². The van der Waals surface area contributed by atoms with Gasteiger partial charge in [0.25, 0.3) is 5.91 Å². The molecule has 160 valence electrons. The molecule has 0 aliphatic carbocycles. The maximum Gasteiger partial charge on any atom is 0.291 e. The number of nitrogens with zero attached hydrogens (tertiary/aromatic N) is 4. The fraction of sp³-hybridized carbons (Fsp3) is 0.545. The number of likely N-dealkylation sites (tertiary alicyclic amines) is 2. The number of rotatable bonds is 6. The number of aromatic amines is 1. The Morgan fingerprint density at radius 2 is 1.90 bits per heavy atom. The molecule has 0 spiro atoms. The molecule has 0 unspecified atom stereocenters. The van der Waals surface area contributed by atoms with Crippen molar-refractivity contribution in [2.75, 3.05) is 32.7 Å². The summed E-state index contributed by atoms with van der Waals surface area (Å²) in [5, 5.41) is 9.53. The van der Waals surface area contributed by atoms with E-state index in [4.69, 9.17) is 0 Å². The van der Waals surface area contributed by atoms with Crippen LogP contribution in [0.5, 0.6) is 0 Å². The lowest BCUT2D eigenvalue weighted by Crippen LogP contribution is -2.51. The molecule has 1 aromatic heterocycles. The van der Waals surface area contributed by atoms with Gasteiger partial charge in [0, 0.05) is 32.2 Å². The van der Waals surface area contributed by atoms with E-state index in [0.29, 0.717) is 31.5 Å². The highest BCUT2D eigenvalue weighted by molar-refractivity contribution is 5.90. The Kier molecular flexibility index (Phi) is 6.74. The summed E-state index contributed by atoms with van der Waals surface area (Å²) >= 11 is 0. The average Bonchev–Trinajstić information content (AvgIpc) is 3.34. The zero-order valence-electron chi connectivity index (χ0n) is 17.3. The number of aromatic nitrogens is 3. The van der Waals surface area contributed by atoms with Crippen LogP contribution in [-0.4, -0.2) is 75.6 Å². The van der Waals surface area contributed by atoms with E-state index in [0.717, 1.165) is 45.2 Å². The highest BCUT2D eigenvalue weighted by Gasteiger charge is 2.33. The van der Waals surface area contributed by atoms with Gasteiger partial charge in [-0.1, -0.05) is 30.3 Å². The van der Waals surface area contributed by atoms with Crippen molar-refractivity contribution in [2.24, 2.45) is 5.92 Å². The van der Waals surface area contributed by atoms with Crippen LogP contribution in [0.3, 0.4) is 0 Å². The second-order valence-corrected chi connectivity index (χ2v) is 8.22. The first-order valence-corrected chi connectivity index (χ1v) is 10.9. The van der Waals surface area contributed by atoms with Gasteiger partial charge in [0.1, 0.15) is 6.33 Å². The lowest BCUT2D eigenvalue weighted by Gasteiger charge is -2.41. The third kappa shape index (κ3) is 5.05. The van der Waals surface area contributed by atoms with Crippen LogP contribution >= 0.6 is 0 Å². The molecule has 3 heterocycles. The second-order valence-electron chi connectivity index (χ2n) is 8.22. The molecule has 2 aliphatic rings. The Morgan fingerprint density at radius 3 is 2.63 bits per heavy atom. The second kappa shape index (κ2) is 9.84. The van der Waals surface area contributed by atoms with Crippen LogP contribution in [0.2, 0.25) is 0 Å². The zero-order valence-corrected chi connectivity index (χ0v) is 17.3. The van der Waals surface area contributed by atoms with Crippen LogP contribution in [0.25, 0.3) is 0 Å². The lowest BCUT2D eigenvalue weighted by molar-refractivity contribution is -0.127. The van der Waals surface area contributed by atoms with E-state index in [1.54, 1.807) is 0 Å². The molecule has 8 nitrogen and oxygen atoms in total. The molecule has 2 aromatic rings. The fourth-order valence-corrected chi connectivity index (χ4v) is 4.56. The van der Waals surface area contributed by atoms with Crippen molar-refractivity contribution in [1.29, 1.82) is 0 Å². The van der Waals surface area contributed by atoms with Gasteiger partial charge in [-0.3, -0.25) is 19.6 Å². The van der Waals surface area contributed by atoms with Crippen molar-refractivity contribution >= 4 is 11.8 Å². The van der Waals surface area contributed by atoms with Gasteiger partial charge in [0.15, 0.2) is 0 Å².